The van der Waals surface area contributed by atoms with Crippen LogP contribution in [0.4, 0.5) is 8.78 Å². The average molecular weight is 199 g/mol. The summed E-state index contributed by atoms with van der Waals surface area (Å²) in [6, 6.07) is 0. The highest BCUT2D eigenvalue weighted by molar-refractivity contribution is 6.00. The molecule has 1 unspecified atom stereocenters. The molecule has 1 aliphatic rings. The van der Waals surface area contributed by atoms with Crippen LogP contribution in [0.5, 0.6) is 0 Å². The van der Waals surface area contributed by atoms with Crippen LogP contribution in [0, 0.1) is 11.3 Å². The van der Waals surface area contributed by atoms with Gasteiger partial charge in [0.15, 0.2) is 0 Å². The summed E-state index contributed by atoms with van der Waals surface area (Å²) in [6.07, 6.45) is 1.44. The summed E-state index contributed by atoms with van der Waals surface area (Å²) in [4.78, 5) is 0. The minimum Gasteiger partial charge on any atom is -0.304 e. The molecule has 76 valence electrons. The molecule has 1 atom stereocenters. The number of alkyl halides is 2. The molecule has 0 bridgehead atoms. The molecule has 0 aliphatic heterocycles. The van der Waals surface area contributed by atoms with Gasteiger partial charge in [-0.3, -0.25) is 5.10 Å². The van der Waals surface area contributed by atoms with Crippen molar-refractivity contribution in [2.24, 2.45) is 5.92 Å². The molecule has 1 aliphatic carbocycles. The Labute approximate surface area is 80.0 Å². The molecule has 0 saturated carbocycles. The second-order valence-electron chi connectivity index (χ2n) is 3.72. The smallest absolute Gasteiger partial charge is 0.289 e. The normalized spacial score (nSPS) is 25.6. The van der Waals surface area contributed by atoms with Gasteiger partial charge in [-0.2, -0.15) is 13.9 Å². The molecule has 2 N–H and O–H groups in total. The third-order valence-electron chi connectivity index (χ3n) is 2.68. The molecule has 0 aromatic carbocycles. The Morgan fingerprint density at radius 1 is 1.64 bits per heavy atom. The van der Waals surface area contributed by atoms with Gasteiger partial charge >= 0.3 is 0 Å². The van der Waals surface area contributed by atoms with Gasteiger partial charge in [0.1, 0.15) is 5.69 Å². The first-order valence-corrected chi connectivity index (χ1v) is 4.53. The lowest BCUT2D eigenvalue weighted by Crippen LogP contribution is -2.14. The lowest BCUT2D eigenvalue weighted by Gasteiger charge is -2.12. The molecule has 1 heterocycles. The zero-order valence-electron chi connectivity index (χ0n) is 7.77. The fraction of sp³-hybridized carbons (Fsp3) is 0.556. The predicted molar refractivity (Wildman–Crippen MR) is 47.7 cm³/mol. The van der Waals surface area contributed by atoms with Crippen molar-refractivity contribution in [3.63, 3.8) is 0 Å². The Kier molecular flexibility index (Phi) is 1.90. The van der Waals surface area contributed by atoms with Crippen LogP contribution >= 0.6 is 0 Å². The van der Waals surface area contributed by atoms with Gasteiger partial charge in [-0.25, -0.2) is 0 Å². The van der Waals surface area contributed by atoms with Crippen LogP contribution in [0.15, 0.2) is 6.20 Å². The molecule has 0 amide bonds. The highest BCUT2D eigenvalue weighted by atomic mass is 19.3. The molecular weight excluding hydrogens is 188 g/mol. The summed E-state index contributed by atoms with van der Waals surface area (Å²) in [6.45, 7) is 1.79. The van der Waals surface area contributed by atoms with E-state index in [2.05, 4.69) is 10.2 Å². The summed E-state index contributed by atoms with van der Waals surface area (Å²) in [5.74, 6) is -3.00. The minimum absolute atomic E-state index is 0.125. The van der Waals surface area contributed by atoms with E-state index in [1.807, 2.05) is 0 Å². The third-order valence-corrected chi connectivity index (χ3v) is 2.68. The van der Waals surface area contributed by atoms with E-state index in [1.165, 1.54) is 6.20 Å². The van der Waals surface area contributed by atoms with Gasteiger partial charge in [0.2, 0.25) is 0 Å². The lowest BCUT2D eigenvalue weighted by atomic mass is 9.99. The maximum absolute atomic E-state index is 13.5. The van der Waals surface area contributed by atoms with Crippen molar-refractivity contribution in [1.29, 1.82) is 5.41 Å². The molecule has 2 rings (SSSR count). The Morgan fingerprint density at radius 2 is 2.36 bits per heavy atom. The number of fused-ring (bicyclic) bond motifs is 1. The van der Waals surface area contributed by atoms with E-state index in [4.69, 9.17) is 5.41 Å². The van der Waals surface area contributed by atoms with Crippen LogP contribution < -0.4 is 0 Å². The van der Waals surface area contributed by atoms with Crippen molar-refractivity contribution in [1.82, 2.24) is 10.2 Å². The zero-order valence-corrected chi connectivity index (χ0v) is 7.77. The first-order chi connectivity index (χ1) is 6.52. The van der Waals surface area contributed by atoms with Crippen LogP contribution in [0.25, 0.3) is 0 Å². The van der Waals surface area contributed by atoms with Crippen LogP contribution in [0.3, 0.4) is 0 Å². The third kappa shape index (κ3) is 1.23. The fourth-order valence-electron chi connectivity index (χ4n) is 1.70. The number of hydrogen-bond acceptors (Lipinski definition) is 2. The molecule has 1 aromatic rings. The number of nitrogens with one attached hydrogen (secondary N) is 2. The number of nitrogens with zero attached hydrogens (tertiary/aromatic N) is 1. The molecule has 0 spiro atoms. The summed E-state index contributed by atoms with van der Waals surface area (Å²) in [5, 5.41) is 13.6. The topological polar surface area (TPSA) is 52.5 Å². The van der Waals surface area contributed by atoms with E-state index in [0.29, 0.717) is 6.42 Å². The average Bonchev–Trinajstić information content (AvgIpc) is 2.59. The van der Waals surface area contributed by atoms with Crippen molar-refractivity contribution in [2.45, 2.75) is 25.7 Å². The maximum atomic E-state index is 13.5. The van der Waals surface area contributed by atoms with Crippen LogP contribution in [0.1, 0.15) is 31.0 Å². The van der Waals surface area contributed by atoms with Gasteiger partial charge in [0, 0.05) is 17.7 Å². The lowest BCUT2D eigenvalue weighted by molar-refractivity contribution is -0.0199. The summed E-state index contributed by atoms with van der Waals surface area (Å²) < 4.78 is 26.9. The first kappa shape index (κ1) is 9.30. The fourth-order valence-corrected chi connectivity index (χ4v) is 1.70. The van der Waals surface area contributed by atoms with Crippen LogP contribution in [-0.2, 0) is 5.92 Å². The highest BCUT2D eigenvalue weighted by Crippen LogP contribution is 2.38. The standard InChI is InChI=1S/C9H11F2N3/c1-5-2-3-9(10,11)8-6(7(5)12)4-13-14-8/h4-5,12H,2-3H2,1H3,(H,13,14). The van der Waals surface area contributed by atoms with Gasteiger partial charge in [0.25, 0.3) is 5.92 Å². The van der Waals surface area contributed by atoms with E-state index >= 15 is 0 Å². The van der Waals surface area contributed by atoms with Crippen molar-refractivity contribution in [3.8, 4) is 0 Å². The molecule has 0 fully saturated rings. The second kappa shape index (κ2) is 2.87. The van der Waals surface area contributed by atoms with E-state index in [9.17, 15) is 8.78 Å². The quantitative estimate of drug-likeness (QED) is 0.619. The zero-order chi connectivity index (χ0) is 10.3. The predicted octanol–water partition coefficient (Wildman–Crippen LogP) is 2.30. The molecular formula is C9H11F2N3. The molecule has 0 saturated heterocycles. The van der Waals surface area contributed by atoms with Gasteiger partial charge in [0.05, 0.1) is 6.20 Å². The second-order valence-corrected chi connectivity index (χ2v) is 3.72. The van der Waals surface area contributed by atoms with Gasteiger partial charge in [-0.05, 0) is 12.3 Å². The SMILES string of the molecule is CC1CCC(F)(F)c2[nH]ncc2C1=N. The summed E-state index contributed by atoms with van der Waals surface area (Å²) >= 11 is 0. The Hall–Kier alpha value is -1.26. The number of aromatic nitrogens is 2. The monoisotopic (exact) mass is 199 g/mol. The summed E-state index contributed by atoms with van der Waals surface area (Å²) in [7, 11) is 0. The number of hydrogen-bond donors (Lipinski definition) is 2. The van der Waals surface area contributed by atoms with E-state index < -0.39 is 5.92 Å². The molecule has 3 nitrogen and oxygen atoms in total. The van der Waals surface area contributed by atoms with Crippen molar-refractivity contribution < 1.29 is 8.78 Å². The van der Waals surface area contributed by atoms with Crippen LogP contribution in [0.2, 0.25) is 0 Å². The van der Waals surface area contributed by atoms with E-state index in [1.54, 1.807) is 6.92 Å². The number of halogens is 2. The van der Waals surface area contributed by atoms with E-state index in [0.717, 1.165) is 0 Å². The number of rotatable bonds is 0. The molecule has 14 heavy (non-hydrogen) atoms. The van der Waals surface area contributed by atoms with Gasteiger partial charge < -0.3 is 5.41 Å². The van der Waals surface area contributed by atoms with Crippen molar-refractivity contribution in [3.05, 3.63) is 17.5 Å². The Balaban J connectivity index is 2.54. The summed E-state index contributed by atoms with van der Waals surface area (Å²) in [5.41, 5.74) is 0.317. The Bertz CT molecular complexity index is 370. The van der Waals surface area contributed by atoms with Crippen LogP contribution in [-0.4, -0.2) is 15.9 Å². The van der Waals surface area contributed by atoms with Crippen molar-refractivity contribution >= 4 is 5.71 Å². The molecule has 0 radical (unpaired) electrons. The Morgan fingerprint density at radius 3 is 3.07 bits per heavy atom. The molecule has 1 aromatic heterocycles. The first-order valence-electron chi connectivity index (χ1n) is 4.53. The largest absolute Gasteiger partial charge is 0.304 e. The highest BCUT2D eigenvalue weighted by Gasteiger charge is 2.40. The maximum Gasteiger partial charge on any atom is 0.289 e. The molecule has 5 heteroatoms. The van der Waals surface area contributed by atoms with E-state index in [-0.39, 0.29) is 29.3 Å². The minimum atomic E-state index is -2.87. The number of H-pyrrole nitrogens is 1. The number of aromatic amines is 1. The van der Waals surface area contributed by atoms with Gasteiger partial charge in [-0.15, -0.1) is 0 Å². The van der Waals surface area contributed by atoms with Gasteiger partial charge in [-0.1, -0.05) is 6.92 Å². The van der Waals surface area contributed by atoms with Crippen molar-refractivity contribution in [2.75, 3.05) is 0 Å².